The van der Waals surface area contributed by atoms with Crippen molar-refractivity contribution in [1.82, 2.24) is 15.3 Å². The Bertz CT molecular complexity index is 1820. The number of carbonyl (C=O) groups excluding carboxylic acids is 1. The lowest BCUT2D eigenvalue weighted by Crippen LogP contribution is -2.19. The van der Waals surface area contributed by atoms with Crippen LogP contribution in [0.3, 0.4) is 0 Å². The van der Waals surface area contributed by atoms with Crippen LogP contribution < -0.4 is 15.4 Å². The van der Waals surface area contributed by atoms with Crippen LogP contribution in [-0.4, -0.2) is 48.8 Å². The molecule has 234 valence electrons. The molecule has 0 saturated heterocycles. The Morgan fingerprint density at radius 1 is 0.933 bits per heavy atom. The molecule has 3 heterocycles. The van der Waals surface area contributed by atoms with Gasteiger partial charge in [-0.25, -0.2) is 4.39 Å². The second-order valence-electron chi connectivity index (χ2n) is 11.3. The summed E-state index contributed by atoms with van der Waals surface area (Å²) in [5.41, 5.74) is 4.00. The molecule has 0 fully saturated rings. The van der Waals surface area contributed by atoms with Gasteiger partial charge in [-0.2, -0.15) is 0 Å². The molecule has 5 rings (SSSR count). The van der Waals surface area contributed by atoms with Crippen LogP contribution in [0, 0.1) is 5.82 Å². The standard InChI is InChI=1S/C35H37FN3O4PS/c1-4-15-42-16-14-37-22-26-8-10-30(39-23-26)34-21-31-35(45-34)33(12-13-38-31)43-32-11-9-25(20-29(32)36)18-27(40)17-24-6-5-7-28(19-24)44(2,3)41/h5-13,19-21,23,37H,4,14-18,22H2,1-3H3. The molecule has 3 aromatic heterocycles. The van der Waals surface area contributed by atoms with Gasteiger partial charge in [0.1, 0.15) is 18.7 Å². The molecule has 0 bridgehead atoms. The third kappa shape index (κ3) is 8.92. The van der Waals surface area contributed by atoms with Gasteiger partial charge in [0.05, 0.1) is 27.4 Å². The fourth-order valence-electron chi connectivity index (χ4n) is 4.79. The van der Waals surface area contributed by atoms with E-state index in [0.29, 0.717) is 24.5 Å². The fourth-order valence-corrected chi connectivity index (χ4v) is 6.76. The number of carbonyl (C=O) groups is 1. The molecule has 10 heteroatoms. The molecule has 7 nitrogen and oxygen atoms in total. The molecule has 0 spiro atoms. The number of rotatable bonds is 15. The number of Topliss-reactive ketones (excluding diaryl/α,β-unsaturated/α-hetero) is 1. The molecule has 0 radical (unpaired) electrons. The maximum atomic E-state index is 15.2. The fraction of sp³-hybridized carbons (Fsp3) is 0.286. The van der Waals surface area contributed by atoms with E-state index in [1.807, 2.05) is 48.7 Å². The number of hydrogen-bond donors (Lipinski definition) is 1. The number of nitrogens with one attached hydrogen (secondary N) is 1. The van der Waals surface area contributed by atoms with Gasteiger partial charge in [-0.15, -0.1) is 11.3 Å². The number of halogens is 1. The zero-order chi connectivity index (χ0) is 31.8. The predicted molar refractivity (Wildman–Crippen MR) is 180 cm³/mol. The van der Waals surface area contributed by atoms with Crippen molar-refractivity contribution in [3.63, 3.8) is 0 Å². The van der Waals surface area contributed by atoms with Gasteiger partial charge in [0.2, 0.25) is 0 Å². The van der Waals surface area contributed by atoms with Gasteiger partial charge < -0.3 is 19.4 Å². The van der Waals surface area contributed by atoms with E-state index in [0.717, 1.165) is 56.8 Å². The highest BCUT2D eigenvalue weighted by Gasteiger charge is 2.16. The van der Waals surface area contributed by atoms with E-state index in [1.165, 1.54) is 17.4 Å². The molecule has 45 heavy (non-hydrogen) atoms. The van der Waals surface area contributed by atoms with E-state index in [-0.39, 0.29) is 24.4 Å². The Balaban J connectivity index is 1.22. The van der Waals surface area contributed by atoms with Gasteiger partial charge in [0.25, 0.3) is 0 Å². The Kier molecular flexibility index (Phi) is 10.9. The van der Waals surface area contributed by atoms with Crippen LogP contribution in [0.25, 0.3) is 20.8 Å². The zero-order valence-corrected chi connectivity index (χ0v) is 27.4. The number of pyridine rings is 2. The van der Waals surface area contributed by atoms with Gasteiger partial charge in [-0.05, 0) is 66.8 Å². The summed E-state index contributed by atoms with van der Waals surface area (Å²) in [6.07, 6.45) is 4.78. The Hall–Kier alpha value is -3.75. The highest BCUT2D eigenvalue weighted by Crippen LogP contribution is 2.39. The molecule has 2 aromatic carbocycles. The largest absolute Gasteiger partial charge is 0.453 e. The van der Waals surface area contributed by atoms with Crippen molar-refractivity contribution in [2.45, 2.75) is 32.7 Å². The number of nitrogens with zero attached hydrogens (tertiary/aromatic N) is 2. The Morgan fingerprint density at radius 3 is 2.47 bits per heavy atom. The second-order valence-corrected chi connectivity index (χ2v) is 15.5. The number of ether oxygens (including phenoxy) is 2. The number of hydrogen-bond acceptors (Lipinski definition) is 8. The van der Waals surface area contributed by atoms with Crippen LogP contribution in [-0.2, 0) is 33.5 Å². The summed E-state index contributed by atoms with van der Waals surface area (Å²) in [5.74, 6) is -0.0453. The summed E-state index contributed by atoms with van der Waals surface area (Å²) in [4.78, 5) is 22.8. The van der Waals surface area contributed by atoms with E-state index >= 15 is 4.39 Å². The quantitative estimate of drug-likeness (QED) is 0.0937. The van der Waals surface area contributed by atoms with Crippen molar-refractivity contribution < 1.29 is 23.2 Å². The molecule has 0 aliphatic rings. The minimum atomic E-state index is -2.42. The first-order valence-electron chi connectivity index (χ1n) is 14.9. The van der Waals surface area contributed by atoms with Gasteiger partial charge in [-0.3, -0.25) is 14.8 Å². The maximum absolute atomic E-state index is 15.2. The van der Waals surface area contributed by atoms with Crippen LogP contribution >= 0.6 is 18.5 Å². The van der Waals surface area contributed by atoms with Gasteiger partial charge in [-0.1, -0.05) is 37.3 Å². The number of benzene rings is 2. The lowest BCUT2D eigenvalue weighted by molar-refractivity contribution is -0.117. The van der Waals surface area contributed by atoms with Crippen molar-refractivity contribution in [1.29, 1.82) is 0 Å². The van der Waals surface area contributed by atoms with E-state index in [9.17, 15) is 9.36 Å². The molecule has 5 aromatic rings. The molecule has 0 saturated carbocycles. The number of aromatic nitrogens is 2. The van der Waals surface area contributed by atoms with Crippen molar-refractivity contribution in [3.05, 3.63) is 102 Å². The summed E-state index contributed by atoms with van der Waals surface area (Å²) in [5, 5.41) is 4.10. The SMILES string of the molecule is CCCOCCNCc1ccc(-c2cc3nccc(Oc4ccc(CC(=O)Cc5cccc(P(C)(C)=O)c5)cc4F)c3s2)nc1. The first kappa shape index (κ1) is 32.6. The predicted octanol–water partition coefficient (Wildman–Crippen LogP) is 7.41. The molecule has 0 unspecified atom stereocenters. The summed E-state index contributed by atoms with van der Waals surface area (Å²) < 4.78 is 39.9. The van der Waals surface area contributed by atoms with Crippen molar-refractivity contribution >= 4 is 39.8 Å². The number of fused-ring (bicyclic) bond motifs is 1. The highest BCUT2D eigenvalue weighted by molar-refractivity contribution is 7.70. The minimum absolute atomic E-state index is 0.0564. The molecular weight excluding hydrogens is 608 g/mol. The van der Waals surface area contributed by atoms with Crippen molar-refractivity contribution in [3.8, 4) is 22.1 Å². The lowest BCUT2D eigenvalue weighted by Gasteiger charge is -2.10. The third-order valence-electron chi connectivity index (χ3n) is 7.10. The van der Waals surface area contributed by atoms with Crippen molar-refractivity contribution in [2.24, 2.45) is 0 Å². The summed E-state index contributed by atoms with van der Waals surface area (Å²) >= 11 is 1.48. The van der Waals surface area contributed by atoms with Crippen LogP contribution in [0.4, 0.5) is 4.39 Å². The van der Waals surface area contributed by atoms with Gasteiger partial charge >= 0.3 is 0 Å². The zero-order valence-electron chi connectivity index (χ0n) is 25.7. The van der Waals surface area contributed by atoms with E-state index in [2.05, 4.69) is 22.2 Å². The summed E-state index contributed by atoms with van der Waals surface area (Å²) in [7, 11) is -2.42. The van der Waals surface area contributed by atoms with Crippen LogP contribution in [0.1, 0.15) is 30.0 Å². The Labute approximate surface area is 267 Å². The molecular formula is C35H37FN3O4PS. The lowest BCUT2D eigenvalue weighted by atomic mass is 10.0. The van der Waals surface area contributed by atoms with E-state index < -0.39 is 13.0 Å². The number of ketones is 1. The van der Waals surface area contributed by atoms with E-state index in [4.69, 9.17) is 9.47 Å². The molecule has 0 aliphatic heterocycles. The average molecular weight is 646 g/mol. The summed E-state index contributed by atoms with van der Waals surface area (Å²) in [6, 6.07) is 19.6. The van der Waals surface area contributed by atoms with Crippen molar-refractivity contribution in [2.75, 3.05) is 33.1 Å². The molecule has 0 aliphatic carbocycles. The van der Waals surface area contributed by atoms with E-state index in [1.54, 1.807) is 37.7 Å². The first-order valence-corrected chi connectivity index (χ1v) is 18.4. The number of thiophene rings is 1. The van der Waals surface area contributed by atoms with Gasteiger partial charge in [0, 0.05) is 56.3 Å². The monoisotopic (exact) mass is 645 g/mol. The highest BCUT2D eigenvalue weighted by atomic mass is 32.1. The smallest absolute Gasteiger partial charge is 0.166 e. The van der Waals surface area contributed by atoms with Crippen LogP contribution in [0.2, 0.25) is 0 Å². The molecule has 1 N–H and O–H groups in total. The first-order chi connectivity index (χ1) is 21.7. The maximum Gasteiger partial charge on any atom is 0.166 e. The molecule has 0 atom stereocenters. The minimum Gasteiger partial charge on any atom is -0.453 e. The normalized spacial score (nSPS) is 11.6. The second kappa shape index (κ2) is 15.0. The average Bonchev–Trinajstić information content (AvgIpc) is 3.46. The summed E-state index contributed by atoms with van der Waals surface area (Å²) in [6.45, 7) is 8.46. The third-order valence-corrected chi connectivity index (χ3v) is 9.79. The topological polar surface area (TPSA) is 90.4 Å². The molecule has 0 amide bonds. The van der Waals surface area contributed by atoms with Crippen LogP contribution in [0.5, 0.6) is 11.5 Å². The van der Waals surface area contributed by atoms with Gasteiger partial charge in [0.15, 0.2) is 11.6 Å². The Morgan fingerprint density at radius 2 is 1.73 bits per heavy atom. The van der Waals surface area contributed by atoms with Crippen LogP contribution in [0.15, 0.2) is 79.1 Å².